The van der Waals surface area contributed by atoms with Crippen molar-refractivity contribution in [3.63, 3.8) is 0 Å². The molecular formula is C70H48N6O. The zero-order valence-corrected chi connectivity index (χ0v) is 42.6. The molecule has 4 aliphatic heterocycles. The van der Waals surface area contributed by atoms with Gasteiger partial charge in [-0.15, -0.1) is 0 Å². The van der Waals surface area contributed by atoms with Gasteiger partial charge in [-0.3, -0.25) is 13.7 Å². The van der Waals surface area contributed by atoms with Crippen molar-refractivity contribution in [2.75, 3.05) is 0 Å². The normalized spacial score (nSPS) is 12.5. The summed E-state index contributed by atoms with van der Waals surface area (Å²) in [6.45, 7) is 6.76. The lowest BCUT2D eigenvalue weighted by Crippen LogP contribution is -2.30. The molecule has 0 saturated heterocycles. The number of hydrogen-bond donors (Lipinski definition) is 0. The second-order valence-electron chi connectivity index (χ2n) is 21.4. The number of imidazole rings is 1. The maximum atomic E-state index is 6.91. The van der Waals surface area contributed by atoms with Crippen molar-refractivity contribution in [2.45, 2.75) is 26.2 Å². The topological polar surface area (TPSA) is 45.7 Å². The minimum Gasteiger partial charge on any atom is -0.458 e. The largest absolute Gasteiger partial charge is 0.458 e. The van der Waals surface area contributed by atoms with Crippen LogP contribution in [0.1, 0.15) is 26.3 Å². The number of aromatic nitrogens is 6. The minimum absolute atomic E-state index is 0.0785. The van der Waals surface area contributed by atoms with Crippen LogP contribution in [-0.2, 0) is 5.41 Å². The van der Waals surface area contributed by atoms with E-state index in [2.05, 4.69) is 274 Å². The first-order chi connectivity index (χ1) is 37.8. The minimum atomic E-state index is -0.0785. The molecule has 15 bridgehead atoms. The highest BCUT2D eigenvalue weighted by molar-refractivity contribution is 6.17. The van der Waals surface area contributed by atoms with E-state index in [1.165, 1.54) is 38.2 Å². The average molecular weight is 989 g/mol. The zero-order valence-electron chi connectivity index (χ0n) is 42.6. The molecule has 7 heteroatoms. The predicted molar refractivity (Wildman–Crippen MR) is 314 cm³/mol. The van der Waals surface area contributed by atoms with Gasteiger partial charge >= 0.3 is 0 Å². The first kappa shape index (κ1) is 43.4. The predicted octanol–water partition coefficient (Wildman–Crippen LogP) is 17.1. The van der Waals surface area contributed by atoms with Crippen LogP contribution in [0.5, 0.6) is 11.5 Å². The smallest absolute Gasteiger partial charge is 0.269 e. The molecule has 0 fully saturated rings. The molecule has 15 aromatic rings. The van der Waals surface area contributed by atoms with Gasteiger partial charge in [-0.05, 0) is 131 Å². The van der Waals surface area contributed by atoms with E-state index in [4.69, 9.17) is 9.72 Å². The van der Waals surface area contributed by atoms with Crippen LogP contribution in [0.4, 0.5) is 0 Å². The maximum absolute atomic E-state index is 6.91. The molecule has 7 nitrogen and oxygen atoms in total. The van der Waals surface area contributed by atoms with Crippen LogP contribution in [-0.4, -0.2) is 23.3 Å². The van der Waals surface area contributed by atoms with Gasteiger partial charge in [0.05, 0.1) is 55.5 Å². The third-order valence-electron chi connectivity index (χ3n) is 15.9. The fourth-order valence-corrected chi connectivity index (χ4v) is 12.4. The number of rotatable bonds is 1. The second-order valence-corrected chi connectivity index (χ2v) is 21.4. The summed E-state index contributed by atoms with van der Waals surface area (Å²) in [5.74, 6) is 2.30. The summed E-state index contributed by atoms with van der Waals surface area (Å²) in [6, 6.07) is 83.7. The van der Waals surface area contributed by atoms with E-state index >= 15 is 0 Å². The summed E-state index contributed by atoms with van der Waals surface area (Å²) in [7, 11) is 0. The van der Waals surface area contributed by atoms with Crippen LogP contribution < -0.4 is 9.30 Å². The van der Waals surface area contributed by atoms with E-state index in [1.807, 2.05) is 12.3 Å². The van der Waals surface area contributed by atoms with Gasteiger partial charge in [0.15, 0.2) is 0 Å². The summed E-state index contributed by atoms with van der Waals surface area (Å²) in [5.41, 5.74) is 18.5. The van der Waals surface area contributed by atoms with Crippen LogP contribution in [0, 0.1) is 6.33 Å². The molecule has 0 spiro atoms. The summed E-state index contributed by atoms with van der Waals surface area (Å²) < 4.78 is 18.4. The quantitative estimate of drug-likeness (QED) is 0.122. The lowest BCUT2D eigenvalue weighted by atomic mass is 9.88. The highest BCUT2D eigenvalue weighted by Gasteiger charge is 2.24. The number of nitrogens with zero attached hydrogens (tertiary/aromatic N) is 6. The van der Waals surface area contributed by atoms with Crippen molar-refractivity contribution in [3.8, 4) is 62.3 Å². The highest BCUT2D eigenvalue weighted by Crippen LogP contribution is 2.44. The first-order valence-electron chi connectivity index (χ1n) is 26.4. The van der Waals surface area contributed by atoms with Crippen molar-refractivity contribution in [1.82, 2.24) is 23.3 Å². The Balaban J connectivity index is 0.999. The molecule has 0 unspecified atom stereocenters. The summed E-state index contributed by atoms with van der Waals surface area (Å²) in [5, 5.41) is 7.05. The Bertz CT molecular complexity index is 4960. The molecule has 0 saturated carbocycles. The molecule has 77 heavy (non-hydrogen) atoms. The number of ether oxygens (including phenoxy) is 1. The van der Waals surface area contributed by atoms with Crippen molar-refractivity contribution < 1.29 is 9.30 Å². The lowest BCUT2D eigenvalue weighted by Gasteiger charge is -2.20. The maximum Gasteiger partial charge on any atom is 0.269 e. The monoisotopic (exact) mass is 988 g/mol. The Labute approximate surface area is 443 Å². The molecule has 0 amide bonds. The highest BCUT2D eigenvalue weighted by atomic mass is 16.5. The van der Waals surface area contributed by atoms with Gasteiger partial charge in [0, 0.05) is 61.5 Å². The van der Waals surface area contributed by atoms with Crippen molar-refractivity contribution >= 4 is 76.5 Å². The Morgan fingerprint density at radius 2 is 1.05 bits per heavy atom. The van der Waals surface area contributed by atoms with E-state index in [0.717, 1.165) is 106 Å². The molecule has 0 aliphatic carbocycles. The van der Waals surface area contributed by atoms with E-state index in [1.54, 1.807) is 0 Å². The summed E-state index contributed by atoms with van der Waals surface area (Å²) in [6.07, 6.45) is 5.74. The third-order valence-corrected chi connectivity index (χ3v) is 15.9. The molecule has 19 rings (SSSR count). The van der Waals surface area contributed by atoms with Gasteiger partial charge in [0.1, 0.15) is 17.3 Å². The van der Waals surface area contributed by atoms with Gasteiger partial charge in [-0.25, -0.2) is 4.98 Å². The zero-order chi connectivity index (χ0) is 51.1. The van der Waals surface area contributed by atoms with Crippen LogP contribution in [0.3, 0.4) is 0 Å². The van der Waals surface area contributed by atoms with E-state index in [0.29, 0.717) is 0 Å². The summed E-state index contributed by atoms with van der Waals surface area (Å²) in [4.78, 5) is 5.07. The van der Waals surface area contributed by atoms with Crippen LogP contribution in [0.2, 0.25) is 0 Å². The SMILES string of the molecule is CC(C)(C)c1ccnc(-n2c3ccc4cc3c3ccc(cc32)Oc2cccc(c2)-n2[c-][n+](c3ccccc32)-c2ccccc2-c2cccc(c2)-n2c3ccccc3c3cc(ccc32)-c2cccc3c5ccccc5n-4c23)c1. The molecule has 9 heterocycles. The fraction of sp³-hybridized carbons (Fsp3) is 0.0571. The van der Waals surface area contributed by atoms with Crippen LogP contribution in [0.25, 0.3) is 127 Å². The fourth-order valence-electron chi connectivity index (χ4n) is 12.4. The number of pyridine rings is 1. The van der Waals surface area contributed by atoms with Crippen LogP contribution >= 0.6 is 0 Å². The van der Waals surface area contributed by atoms with Gasteiger partial charge in [-0.2, -0.15) is 0 Å². The number of hydrogen-bond acceptors (Lipinski definition) is 2. The molecule has 5 aromatic heterocycles. The Hall–Kier alpha value is -9.98. The lowest BCUT2D eigenvalue weighted by molar-refractivity contribution is -0.571. The molecule has 10 aromatic carbocycles. The van der Waals surface area contributed by atoms with Crippen molar-refractivity contribution in [2.24, 2.45) is 0 Å². The van der Waals surface area contributed by atoms with Crippen LogP contribution in [0.15, 0.2) is 237 Å². The molecule has 0 atom stereocenters. The van der Waals surface area contributed by atoms with Gasteiger partial charge in [0.25, 0.3) is 6.33 Å². The van der Waals surface area contributed by atoms with Gasteiger partial charge in [-0.1, -0.05) is 142 Å². The number of fused-ring (bicyclic) bond motifs is 4. The van der Waals surface area contributed by atoms with E-state index in [-0.39, 0.29) is 5.41 Å². The Morgan fingerprint density at radius 3 is 1.94 bits per heavy atom. The molecular weight excluding hydrogens is 941 g/mol. The Morgan fingerprint density at radius 1 is 0.416 bits per heavy atom. The summed E-state index contributed by atoms with van der Waals surface area (Å²) >= 11 is 0. The van der Waals surface area contributed by atoms with Gasteiger partial charge < -0.3 is 13.9 Å². The van der Waals surface area contributed by atoms with Crippen molar-refractivity contribution in [3.05, 3.63) is 249 Å². The van der Waals surface area contributed by atoms with Crippen molar-refractivity contribution in [1.29, 1.82) is 0 Å². The standard InChI is InChI=1S/C70H48N6O/c1-70(2,3)46-35-36-71-68(39-46)76-64-34-30-49-41-59(64)56-32-31-51(42-67(56)76)77-50-18-13-16-47(40-50)72-43-73(66-28-11-10-27-65(66)72)60-24-7-4-19-52(60)44-15-12-17-48(37-44)74-61-25-8-6-21-55(61)58-38-45(29-33-63(58)74)53-22-14-23-57-54-20-5-9-26-62(54)75(49)69(53)57/h4-42H,1-3H3. The van der Waals surface area contributed by atoms with E-state index in [9.17, 15) is 0 Å². The van der Waals surface area contributed by atoms with E-state index < -0.39 is 0 Å². The molecule has 0 radical (unpaired) electrons. The molecule has 0 N–H and O–H groups in total. The first-order valence-corrected chi connectivity index (χ1v) is 26.4. The molecule has 364 valence electrons. The van der Waals surface area contributed by atoms with Gasteiger partial charge in [0.2, 0.25) is 0 Å². The molecule has 4 aliphatic rings. The average Bonchev–Trinajstić information content (AvgIpc) is 4.43. The Kier molecular flexibility index (Phi) is 9.17. The number of benzene rings is 10. The second kappa shape index (κ2) is 16.3. The number of para-hydroxylation sites is 6. The third kappa shape index (κ3) is 6.56.